The van der Waals surface area contributed by atoms with Crippen molar-refractivity contribution in [3.63, 3.8) is 0 Å². The predicted molar refractivity (Wildman–Crippen MR) is 85.8 cm³/mol. The number of hydrogen-bond donors (Lipinski definition) is 3. The molecule has 1 amide bonds. The van der Waals surface area contributed by atoms with Crippen molar-refractivity contribution in [2.45, 2.75) is 39.2 Å². The summed E-state index contributed by atoms with van der Waals surface area (Å²) in [6.07, 6.45) is 1.99. The first-order valence-corrected chi connectivity index (χ1v) is 8.07. The van der Waals surface area contributed by atoms with E-state index >= 15 is 0 Å². The number of ether oxygens (including phenoxy) is 1. The Balaban J connectivity index is 1.92. The van der Waals surface area contributed by atoms with Gasteiger partial charge in [0.15, 0.2) is 5.13 Å². The molecule has 0 aromatic carbocycles. The van der Waals surface area contributed by atoms with Crippen LogP contribution in [0.4, 0.5) is 10.9 Å². The quantitative estimate of drug-likeness (QED) is 0.792. The molecule has 1 aromatic rings. The number of thiazole rings is 1. The van der Waals surface area contributed by atoms with Crippen molar-refractivity contribution in [3.05, 3.63) is 4.88 Å². The van der Waals surface area contributed by atoms with Gasteiger partial charge in [0.1, 0.15) is 10.7 Å². The number of nitrogen functional groups attached to an aromatic ring is 1. The molecule has 4 N–H and O–H groups in total. The Labute approximate surface area is 129 Å². The molecule has 21 heavy (non-hydrogen) atoms. The Morgan fingerprint density at radius 1 is 1.43 bits per heavy atom. The summed E-state index contributed by atoms with van der Waals surface area (Å²) in [5, 5.41) is 6.86. The summed E-state index contributed by atoms with van der Waals surface area (Å²) in [7, 11) is 0. The van der Waals surface area contributed by atoms with Crippen molar-refractivity contribution in [1.29, 1.82) is 0 Å². The van der Waals surface area contributed by atoms with Gasteiger partial charge in [-0.05, 0) is 39.5 Å². The molecular weight excluding hydrogens is 288 g/mol. The second kappa shape index (κ2) is 6.62. The first kappa shape index (κ1) is 16.0. The fourth-order valence-corrected chi connectivity index (χ4v) is 3.15. The Hall–Kier alpha value is -1.34. The van der Waals surface area contributed by atoms with Crippen LogP contribution < -0.4 is 16.4 Å². The topological polar surface area (TPSA) is 89.3 Å². The molecule has 2 rings (SSSR count). The number of aromatic nitrogens is 1. The number of carbonyl (C=O) groups is 1. The lowest BCUT2D eigenvalue weighted by Crippen LogP contribution is -2.32. The zero-order valence-corrected chi connectivity index (χ0v) is 13.7. The third kappa shape index (κ3) is 4.86. The normalized spacial score (nSPS) is 16.7. The zero-order chi connectivity index (χ0) is 15.5. The van der Waals surface area contributed by atoms with Crippen molar-refractivity contribution >= 4 is 28.2 Å². The van der Waals surface area contributed by atoms with Gasteiger partial charge in [-0.15, -0.1) is 0 Å². The lowest BCUT2D eigenvalue weighted by atomic mass is 10.0. The molecule has 0 radical (unpaired) electrons. The molecule has 1 saturated heterocycles. The lowest BCUT2D eigenvalue weighted by Gasteiger charge is -2.22. The number of nitrogens with zero attached hydrogens (tertiary/aromatic N) is 1. The van der Waals surface area contributed by atoms with E-state index < -0.39 is 0 Å². The highest BCUT2D eigenvalue weighted by molar-refractivity contribution is 7.18. The van der Waals surface area contributed by atoms with Crippen molar-refractivity contribution in [2.75, 3.05) is 30.8 Å². The van der Waals surface area contributed by atoms with E-state index in [-0.39, 0.29) is 17.3 Å². The number of rotatable bonds is 4. The summed E-state index contributed by atoms with van der Waals surface area (Å²) >= 11 is 1.30. The van der Waals surface area contributed by atoms with Crippen molar-refractivity contribution in [1.82, 2.24) is 10.3 Å². The van der Waals surface area contributed by atoms with E-state index in [4.69, 9.17) is 10.5 Å². The van der Waals surface area contributed by atoms with E-state index in [0.29, 0.717) is 22.5 Å². The molecule has 0 atom stereocenters. The molecule has 0 saturated carbocycles. The third-order valence-electron chi connectivity index (χ3n) is 3.23. The molecule has 0 spiro atoms. The average Bonchev–Trinajstić information content (AvgIpc) is 2.76. The van der Waals surface area contributed by atoms with Crippen LogP contribution >= 0.6 is 11.3 Å². The van der Waals surface area contributed by atoms with Gasteiger partial charge in [-0.1, -0.05) is 11.3 Å². The largest absolute Gasteiger partial charge is 0.382 e. The first-order chi connectivity index (χ1) is 9.85. The van der Waals surface area contributed by atoms with Gasteiger partial charge in [0.2, 0.25) is 0 Å². The maximum absolute atomic E-state index is 12.2. The van der Waals surface area contributed by atoms with Gasteiger partial charge < -0.3 is 21.1 Å². The monoisotopic (exact) mass is 312 g/mol. The molecular formula is C14H24N4O2S. The van der Waals surface area contributed by atoms with Crippen LogP contribution in [0.2, 0.25) is 0 Å². The maximum atomic E-state index is 12.2. The molecule has 7 heteroatoms. The Morgan fingerprint density at radius 3 is 2.71 bits per heavy atom. The van der Waals surface area contributed by atoms with E-state index in [1.54, 1.807) is 0 Å². The van der Waals surface area contributed by atoms with Crippen LogP contribution in [0.5, 0.6) is 0 Å². The average molecular weight is 312 g/mol. The van der Waals surface area contributed by atoms with E-state index in [9.17, 15) is 4.79 Å². The van der Waals surface area contributed by atoms with Gasteiger partial charge in [-0.3, -0.25) is 4.79 Å². The van der Waals surface area contributed by atoms with Crippen molar-refractivity contribution in [3.8, 4) is 0 Å². The number of hydrogen-bond acceptors (Lipinski definition) is 6. The highest BCUT2D eigenvalue weighted by atomic mass is 32.1. The summed E-state index contributed by atoms with van der Waals surface area (Å²) in [6, 6.07) is 0. The number of amides is 1. The summed E-state index contributed by atoms with van der Waals surface area (Å²) in [6.45, 7) is 8.34. The Kier molecular flexibility index (Phi) is 5.05. The van der Waals surface area contributed by atoms with E-state index in [1.807, 2.05) is 20.8 Å². The first-order valence-electron chi connectivity index (χ1n) is 7.25. The summed E-state index contributed by atoms with van der Waals surface area (Å²) in [4.78, 5) is 16.9. The van der Waals surface area contributed by atoms with Gasteiger partial charge in [0, 0.05) is 25.3 Å². The van der Waals surface area contributed by atoms with Gasteiger partial charge in [0.05, 0.1) is 0 Å². The molecule has 6 nitrogen and oxygen atoms in total. The molecule has 0 unspecified atom stereocenters. The number of carbonyl (C=O) groups excluding carboxylic acids is 1. The molecule has 1 aliphatic rings. The van der Waals surface area contributed by atoms with Gasteiger partial charge in [-0.25, -0.2) is 4.98 Å². The number of anilines is 2. The second-order valence-electron chi connectivity index (χ2n) is 6.37. The van der Waals surface area contributed by atoms with Gasteiger partial charge >= 0.3 is 0 Å². The van der Waals surface area contributed by atoms with Gasteiger partial charge in [-0.2, -0.15) is 0 Å². The van der Waals surface area contributed by atoms with E-state index in [2.05, 4.69) is 15.6 Å². The molecule has 0 aliphatic carbocycles. The Morgan fingerprint density at radius 2 is 2.10 bits per heavy atom. The minimum atomic E-state index is -0.140. The highest BCUT2D eigenvalue weighted by Gasteiger charge is 2.20. The fourth-order valence-electron chi connectivity index (χ4n) is 2.14. The van der Waals surface area contributed by atoms with Crippen LogP contribution in [0.25, 0.3) is 0 Å². The van der Waals surface area contributed by atoms with Gasteiger partial charge in [0.25, 0.3) is 5.91 Å². The SMILES string of the molecule is CC(C)(C)Nc1nc(N)c(C(=O)NCC2CCOCC2)s1. The molecule has 1 aliphatic heterocycles. The van der Waals surface area contributed by atoms with Crippen LogP contribution in [0.15, 0.2) is 0 Å². The second-order valence-corrected chi connectivity index (χ2v) is 7.37. The molecule has 0 bridgehead atoms. The fraction of sp³-hybridized carbons (Fsp3) is 0.714. The van der Waals surface area contributed by atoms with E-state index in [1.165, 1.54) is 11.3 Å². The smallest absolute Gasteiger partial charge is 0.265 e. The molecule has 1 fully saturated rings. The van der Waals surface area contributed by atoms with Crippen molar-refractivity contribution in [2.24, 2.45) is 5.92 Å². The lowest BCUT2D eigenvalue weighted by molar-refractivity contribution is 0.0643. The highest BCUT2D eigenvalue weighted by Crippen LogP contribution is 2.27. The predicted octanol–water partition coefficient (Wildman–Crippen LogP) is 2.09. The summed E-state index contributed by atoms with van der Waals surface area (Å²) < 4.78 is 5.31. The van der Waals surface area contributed by atoms with E-state index in [0.717, 1.165) is 26.1 Å². The van der Waals surface area contributed by atoms with Crippen molar-refractivity contribution < 1.29 is 9.53 Å². The minimum Gasteiger partial charge on any atom is -0.382 e. The number of nitrogens with one attached hydrogen (secondary N) is 2. The molecule has 2 heterocycles. The molecule has 118 valence electrons. The summed E-state index contributed by atoms with van der Waals surface area (Å²) in [5.74, 6) is 0.638. The summed E-state index contributed by atoms with van der Waals surface area (Å²) in [5.41, 5.74) is 5.74. The Bertz CT molecular complexity index is 490. The van der Waals surface area contributed by atoms with Crippen LogP contribution in [0, 0.1) is 5.92 Å². The van der Waals surface area contributed by atoms with Crippen LogP contribution in [-0.2, 0) is 4.74 Å². The van der Waals surface area contributed by atoms with Crippen LogP contribution in [-0.4, -0.2) is 36.2 Å². The third-order valence-corrected chi connectivity index (χ3v) is 4.22. The van der Waals surface area contributed by atoms with Crippen LogP contribution in [0.3, 0.4) is 0 Å². The maximum Gasteiger partial charge on any atom is 0.265 e. The number of nitrogens with two attached hydrogens (primary N) is 1. The zero-order valence-electron chi connectivity index (χ0n) is 12.9. The van der Waals surface area contributed by atoms with Crippen LogP contribution in [0.1, 0.15) is 43.3 Å². The minimum absolute atomic E-state index is 0.111. The standard InChI is InChI=1S/C14H24N4O2S/c1-14(2,3)18-13-17-11(15)10(21-13)12(19)16-8-9-4-6-20-7-5-9/h9H,4-8,15H2,1-3H3,(H,16,19)(H,17,18). The molecule has 1 aromatic heterocycles.